The van der Waals surface area contributed by atoms with Gasteiger partial charge in [0.15, 0.2) is 0 Å². The van der Waals surface area contributed by atoms with E-state index in [1.807, 2.05) is 0 Å². The molecule has 0 aliphatic rings. The van der Waals surface area contributed by atoms with E-state index in [2.05, 4.69) is 121 Å². The van der Waals surface area contributed by atoms with Gasteiger partial charge in [0.1, 0.15) is 11.5 Å². The average molecular weight is 515 g/mol. The zero-order chi connectivity index (χ0) is 27.9. The second kappa shape index (κ2) is 10.7. The van der Waals surface area contributed by atoms with Gasteiger partial charge in [0.2, 0.25) is 0 Å². The highest BCUT2D eigenvalue weighted by Gasteiger charge is 2.31. The Balaban J connectivity index is 2.63. The molecule has 0 heterocycles. The molecule has 2 rings (SSSR count). The highest BCUT2D eigenvalue weighted by atomic mass is 31.2. The minimum Gasteiger partial charge on any atom is -0.417 e. The monoisotopic (exact) mass is 514 g/mol. The van der Waals surface area contributed by atoms with Gasteiger partial charge in [-0.15, -0.1) is 0 Å². The van der Waals surface area contributed by atoms with Crippen LogP contribution < -0.4 is 9.05 Å². The van der Waals surface area contributed by atoms with Crippen LogP contribution in [-0.4, -0.2) is 7.11 Å². The highest BCUT2D eigenvalue weighted by Crippen LogP contribution is 2.50. The first kappa shape index (κ1) is 30.7. The molecule has 0 aliphatic heterocycles. The van der Waals surface area contributed by atoms with Crippen molar-refractivity contribution in [3.63, 3.8) is 0 Å². The van der Waals surface area contributed by atoms with Gasteiger partial charge in [-0.05, 0) is 57.3 Å². The lowest BCUT2D eigenvalue weighted by Crippen LogP contribution is -2.20. The van der Waals surface area contributed by atoms with Crippen molar-refractivity contribution >= 4 is 8.60 Å². The Morgan fingerprint density at radius 1 is 0.611 bits per heavy atom. The van der Waals surface area contributed by atoms with Crippen LogP contribution in [0.25, 0.3) is 0 Å². The maximum atomic E-state index is 6.66. The van der Waals surface area contributed by atoms with Crippen LogP contribution in [0.1, 0.15) is 123 Å². The first-order valence-corrected chi connectivity index (χ1v) is 14.3. The molecule has 202 valence electrons. The average Bonchev–Trinajstić information content (AvgIpc) is 2.70. The second-order valence-electron chi connectivity index (χ2n) is 14.1. The van der Waals surface area contributed by atoms with Gasteiger partial charge >= 0.3 is 8.60 Å². The molecule has 0 aliphatic carbocycles. The topological polar surface area (TPSA) is 27.7 Å². The summed E-state index contributed by atoms with van der Waals surface area (Å²) in [5, 5.41) is 0. The van der Waals surface area contributed by atoms with Crippen LogP contribution in [-0.2, 0) is 32.6 Å². The largest absolute Gasteiger partial charge is 0.462 e. The molecule has 3 nitrogen and oxygen atoms in total. The lowest BCUT2D eigenvalue weighted by molar-refractivity contribution is 0.316. The summed E-state index contributed by atoms with van der Waals surface area (Å²) in [6, 6.07) is 9.13. The van der Waals surface area contributed by atoms with Gasteiger partial charge in [0.25, 0.3) is 0 Å². The van der Waals surface area contributed by atoms with Crippen LogP contribution in [0.4, 0.5) is 0 Å². The normalized spacial score (nSPS) is 14.1. The van der Waals surface area contributed by atoms with Gasteiger partial charge in [-0.25, -0.2) is 0 Å². The van der Waals surface area contributed by atoms with Crippen LogP contribution in [0.2, 0.25) is 0 Å². The Bertz CT molecular complexity index is 1060. The van der Waals surface area contributed by atoms with Crippen molar-refractivity contribution in [2.24, 2.45) is 0 Å². The number of rotatable bonds is 6. The molecule has 1 atom stereocenters. The quantitative estimate of drug-likeness (QED) is 0.359. The Labute approximate surface area is 223 Å². The van der Waals surface area contributed by atoms with E-state index >= 15 is 0 Å². The standard InChI is InChI=1S/C32H51O3P/c1-16-22-18-24(30(6,7)8)20-26(32(12,13)14)28(22)35-36(33-15)34-27-21(2)17-23(29(3,4)5)19-25(27)31(9,10)11/h17-20H,16H2,1-15H3. The smallest absolute Gasteiger partial charge is 0.417 e. The van der Waals surface area contributed by atoms with E-state index in [4.69, 9.17) is 13.6 Å². The molecule has 4 heteroatoms. The van der Waals surface area contributed by atoms with Gasteiger partial charge in [-0.3, -0.25) is 4.52 Å². The summed E-state index contributed by atoms with van der Waals surface area (Å²) < 4.78 is 19.1. The molecule has 2 aromatic rings. The van der Waals surface area contributed by atoms with Gasteiger partial charge < -0.3 is 9.05 Å². The van der Waals surface area contributed by atoms with Crippen LogP contribution in [0.3, 0.4) is 0 Å². The Hall–Kier alpha value is -1.57. The maximum absolute atomic E-state index is 6.66. The third-order valence-electron chi connectivity index (χ3n) is 6.65. The van der Waals surface area contributed by atoms with Crippen LogP contribution in [0.15, 0.2) is 24.3 Å². The van der Waals surface area contributed by atoms with Gasteiger partial charge in [-0.2, -0.15) is 0 Å². The minimum atomic E-state index is -1.65. The third-order valence-corrected chi connectivity index (χ3v) is 7.61. The fourth-order valence-corrected chi connectivity index (χ4v) is 5.12. The molecule has 1 unspecified atom stereocenters. The fourth-order valence-electron chi connectivity index (χ4n) is 4.18. The van der Waals surface area contributed by atoms with E-state index < -0.39 is 8.60 Å². The Morgan fingerprint density at radius 3 is 1.42 bits per heavy atom. The summed E-state index contributed by atoms with van der Waals surface area (Å²) in [7, 11) is 0.0225. The van der Waals surface area contributed by atoms with Crippen molar-refractivity contribution in [2.45, 2.75) is 125 Å². The maximum Gasteiger partial charge on any atom is 0.462 e. The highest BCUT2D eigenvalue weighted by molar-refractivity contribution is 7.42. The van der Waals surface area contributed by atoms with Crippen LogP contribution in [0, 0.1) is 6.92 Å². The molecule has 0 saturated carbocycles. The van der Waals surface area contributed by atoms with E-state index in [9.17, 15) is 0 Å². The Morgan fingerprint density at radius 2 is 1.03 bits per heavy atom. The summed E-state index contributed by atoms with van der Waals surface area (Å²) in [5.74, 6) is 1.76. The summed E-state index contributed by atoms with van der Waals surface area (Å²) in [4.78, 5) is 0. The molecule has 0 aromatic heterocycles. The molecule has 0 N–H and O–H groups in total. The lowest BCUT2D eigenvalue weighted by atomic mass is 9.78. The molecule has 0 spiro atoms. The Kier molecular flexibility index (Phi) is 9.08. The third kappa shape index (κ3) is 7.26. The molecule has 0 amide bonds. The predicted octanol–water partition coefficient (Wildman–Crippen LogP) is 10.1. The van der Waals surface area contributed by atoms with E-state index in [1.165, 1.54) is 27.8 Å². The number of aryl methyl sites for hydroxylation is 2. The molecular formula is C32H51O3P. The van der Waals surface area contributed by atoms with Crippen molar-refractivity contribution in [2.75, 3.05) is 7.11 Å². The molecule has 0 bridgehead atoms. The van der Waals surface area contributed by atoms with E-state index in [-0.39, 0.29) is 21.7 Å². The number of benzene rings is 2. The van der Waals surface area contributed by atoms with Crippen molar-refractivity contribution in [1.82, 2.24) is 0 Å². The molecule has 2 aromatic carbocycles. The zero-order valence-corrected chi connectivity index (χ0v) is 26.6. The van der Waals surface area contributed by atoms with Crippen molar-refractivity contribution < 1.29 is 13.6 Å². The zero-order valence-electron chi connectivity index (χ0n) is 25.7. The SMILES string of the molecule is CCc1cc(C(C)(C)C)cc(C(C)(C)C)c1OP(OC)Oc1c(C)cc(C(C)(C)C)cc1C(C)(C)C. The van der Waals surface area contributed by atoms with E-state index in [1.54, 1.807) is 7.11 Å². The lowest BCUT2D eigenvalue weighted by Gasteiger charge is -2.31. The number of hydrogen-bond donors (Lipinski definition) is 0. The summed E-state index contributed by atoms with van der Waals surface area (Å²) in [6.07, 6.45) is 0.877. The predicted molar refractivity (Wildman–Crippen MR) is 157 cm³/mol. The van der Waals surface area contributed by atoms with Gasteiger partial charge in [-0.1, -0.05) is 114 Å². The van der Waals surface area contributed by atoms with E-state index in [0.717, 1.165) is 23.5 Å². The van der Waals surface area contributed by atoms with Crippen molar-refractivity contribution in [3.05, 3.63) is 57.6 Å². The first-order valence-electron chi connectivity index (χ1n) is 13.2. The minimum absolute atomic E-state index is 0.0538. The van der Waals surface area contributed by atoms with Gasteiger partial charge in [0.05, 0.1) is 0 Å². The molecular weight excluding hydrogens is 463 g/mol. The van der Waals surface area contributed by atoms with Gasteiger partial charge in [0, 0.05) is 18.2 Å². The van der Waals surface area contributed by atoms with E-state index in [0.29, 0.717) is 0 Å². The summed E-state index contributed by atoms with van der Waals surface area (Å²) in [6.45, 7) is 31.3. The molecule has 0 saturated heterocycles. The van der Waals surface area contributed by atoms with Crippen molar-refractivity contribution in [3.8, 4) is 11.5 Å². The first-order chi connectivity index (χ1) is 16.2. The van der Waals surface area contributed by atoms with Crippen LogP contribution in [0.5, 0.6) is 11.5 Å². The second-order valence-corrected chi connectivity index (χ2v) is 15.3. The van der Waals surface area contributed by atoms with Crippen LogP contribution >= 0.6 is 8.60 Å². The molecule has 36 heavy (non-hydrogen) atoms. The summed E-state index contributed by atoms with van der Waals surface area (Å²) in [5.41, 5.74) is 7.23. The number of hydrogen-bond acceptors (Lipinski definition) is 3. The van der Waals surface area contributed by atoms with Crippen molar-refractivity contribution in [1.29, 1.82) is 0 Å². The molecule has 0 radical (unpaired) electrons. The fraction of sp³-hybridized carbons (Fsp3) is 0.625. The summed E-state index contributed by atoms with van der Waals surface area (Å²) >= 11 is 0. The molecule has 0 fully saturated rings.